The van der Waals surface area contributed by atoms with Crippen LogP contribution in [0.5, 0.6) is 0 Å². The third-order valence-corrected chi connectivity index (χ3v) is 4.71. The molecule has 1 saturated carbocycles. The summed E-state index contributed by atoms with van der Waals surface area (Å²) in [6.07, 6.45) is 4.79. The van der Waals surface area contributed by atoms with E-state index in [2.05, 4.69) is 39.1 Å². The summed E-state index contributed by atoms with van der Waals surface area (Å²) in [5.74, 6) is 0. The van der Waals surface area contributed by atoms with Gasteiger partial charge in [-0.2, -0.15) is 0 Å². The number of benzene rings is 1. The van der Waals surface area contributed by atoms with Crippen LogP contribution in [0.1, 0.15) is 59.6 Å². The van der Waals surface area contributed by atoms with Crippen molar-refractivity contribution in [2.45, 2.75) is 65.5 Å². The highest BCUT2D eigenvalue weighted by atomic mass is 16.3. The van der Waals surface area contributed by atoms with E-state index in [-0.39, 0.29) is 6.10 Å². The Morgan fingerprint density at radius 2 is 1.63 bits per heavy atom. The Balaban J connectivity index is 2.11. The van der Waals surface area contributed by atoms with Gasteiger partial charge < -0.3 is 10.4 Å². The van der Waals surface area contributed by atoms with Gasteiger partial charge in [-0.1, -0.05) is 18.9 Å². The van der Waals surface area contributed by atoms with Crippen LogP contribution in [0, 0.1) is 27.7 Å². The van der Waals surface area contributed by atoms with Crippen LogP contribution in [0.2, 0.25) is 0 Å². The molecule has 2 nitrogen and oxygen atoms in total. The molecular weight excluding hydrogens is 234 g/mol. The van der Waals surface area contributed by atoms with Gasteiger partial charge in [-0.15, -0.1) is 0 Å². The minimum Gasteiger partial charge on any atom is -0.387 e. The minimum absolute atomic E-state index is 0.390. The highest BCUT2D eigenvalue weighted by molar-refractivity contribution is 5.45. The summed E-state index contributed by atoms with van der Waals surface area (Å²) in [4.78, 5) is 0. The van der Waals surface area contributed by atoms with Gasteiger partial charge in [-0.05, 0) is 68.4 Å². The minimum atomic E-state index is -0.390. The van der Waals surface area contributed by atoms with Crippen molar-refractivity contribution < 1.29 is 5.11 Å². The molecule has 1 aliphatic rings. The Bertz CT molecular complexity index is 421. The molecule has 0 saturated heterocycles. The van der Waals surface area contributed by atoms with Crippen molar-refractivity contribution in [2.75, 3.05) is 6.54 Å². The molecule has 0 bridgehead atoms. The molecule has 0 heterocycles. The Labute approximate surface area is 117 Å². The van der Waals surface area contributed by atoms with Gasteiger partial charge in [0.15, 0.2) is 0 Å². The molecule has 19 heavy (non-hydrogen) atoms. The molecule has 1 aliphatic carbocycles. The Kier molecular flexibility index (Phi) is 4.64. The topological polar surface area (TPSA) is 32.3 Å². The van der Waals surface area contributed by atoms with Gasteiger partial charge >= 0.3 is 0 Å². The largest absolute Gasteiger partial charge is 0.387 e. The van der Waals surface area contributed by atoms with Crippen molar-refractivity contribution in [1.82, 2.24) is 5.32 Å². The number of rotatable bonds is 4. The molecule has 2 N–H and O–H groups in total. The van der Waals surface area contributed by atoms with Crippen molar-refractivity contribution in [3.8, 4) is 0 Å². The van der Waals surface area contributed by atoms with E-state index >= 15 is 0 Å². The van der Waals surface area contributed by atoms with E-state index < -0.39 is 0 Å². The monoisotopic (exact) mass is 261 g/mol. The lowest BCUT2D eigenvalue weighted by molar-refractivity contribution is 0.168. The van der Waals surface area contributed by atoms with Gasteiger partial charge in [0.25, 0.3) is 0 Å². The average Bonchev–Trinajstić information content (AvgIpc) is 2.87. The first-order chi connectivity index (χ1) is 9.00. The zero-order chi connectivity index (χ0) is 14.0. The smallest absolute Gasteiger partial charge is 0.0919 e. The molecule has 1 fully saturated rings. The summed E-state index contributed by atoms with van der Waals surface area (Å²) in [6.45, 7) is 9.17. The number of aliphatic hydroxyl groups excluding tert-OH is 1. The second kappa shape index (κ2) is 6.06. The molecule has 1 aromatic carbocycles. The lowest BCUT2D eigenvalue weighted by Gasteiger charge is -2.22. The van der Waals surface area contributed by atoms with Crippen molar-refractivity contribution in [1.29, 1.82) is 0 Å². The summed E-state index contributed by atoms with van der Waals surface area (Å²) in [5, 5.41) is 14.1. The van der Waals surface area contributed by atoms with Crippen LogP contribution in [-0.4, -0.2) is 17.7 Å². The second-order valence-electron chi connectivity index (χ2n) is 6.08. The van der Waals surface area contributed by atoms with Gasteiger partial charge in [0, 0.05) is 12.6 Å². The number of nitrogens with one attached hydrogen (secondary N) is 1. The normalized spacial score (nSPS) is 17.9. The SMILES string of the molecule is Cc1cc(C)c(C)c(C(O)CNC2CCCC2)c1C. The molecule has 1 aromatic rings. The second-order valence-corrected chi connectivity index (χ2v) is 6.08. The van der Waals surface area contributed by atoms with Gasteiger partial charge in [0.05, 0.1) is 6.10 Å². The molecule has 2 rings (SSSR count). The van der Waals surface area contributed by atoms with Crippen LogP contribution in [0.15, 0.2) is 6.07 Å². The first-order valence-corrected chi connectivity index (χ1v) is 7.49. The van der Waals surface area contributed by atoms with Crippen LogP contribution in [0.4, 0.5) is 0 Å². The first kappa shape index (κ1) is 14.5. The van der Waals surface area contributed by atoms with E-state index in [9.17, 15) is 5.11 Å². The van der Waals surface area contributed by atoms with Crippen LogP contribution in [-0.2, 0) is 0 Å². The van der Waals surface area contributed by atoms with Crippen LogP contribution < -0.4 is 5.32 Å². The summed E-state index contributed by atoms with van der Waals surface area (Å²) >= 11 is 0. The van der Waals surface area contributed by atoms with E-state index in [1.165, 1.54) is 47.9 Å². The maximum Gasteiger partial charge on any atom is 0.0919 e. The zero-order valence-corrected chi connectivity index (χ0v) is 12.7. The van der Waals surface area contributed by atoms with Crippen LogP contribution in [0.3, 0.4) is 0 Å². The third-order valence-electron chi connectivity index (χ3n) is 4.71. The third kappa shape index (κ3) is 3.18. The fraction of sp³-hybridized carbons (Fsp3) is 0.647. The summed E-state index contributed by atoms with van der Waals surface area (Å²) in [6, 6.07) is 2.83. The molecule has 106 valence electrons. The molecule has 2 heteroatoms. The fourth-order valence-corrected chi connectivity index (χ4v) is 3.26. The lowest BCUT2D eigenvalue weighted by Crippen LogP contribution is -2.31. The van der Waals surface area contributed by atoms with Crippen LogP contribution >= 0.6 is 0 Å². The molecule has 1 unspecified atom stereocenters. The van der Waals surface area contributed by atoms with E-state index in [1.807, 2.05) is 0 Å². The maximum atomic E-state index is 10.5. The lowest BCUT2D eigenvalue weighted by atomic mass is 9.91. The Morgan fingerprint density at radius 1 is 1.11 bits per heavy atom. The number of aliphatic hydroxyl groups is 1. The van der Waals surface area contributed by atoms with Crippen molar-refractivity contribution in [3.05, 3.63) is 33.9 Å². The van der Waals surface area contributed by atoms with E-state index in [0.29, 0.717) is 12.6 Å². The average molecular weight is 261 g/mol. The van der Waals surface area contributed by atoms with E-state index in [0.717, 1.165) is 5.56 Å². The van der Waals surface area contributed by atoms with Crippen LogP contribution in [0.25, 0.3) is 0 Å². The summed E-state index contributed by atoms with van der Waals surface area (Å²) in [5.41, 5.74) is 6.16. The Hall–Kier alpha value is -0.860. The molecule has 0 aliphatic heterocycles. The number of hydrogen-bond acceptors (Lipinski definition) is 2. The quantitative estimate of drug-likeness (QED) is 0.869. The summed E-state index contributed by atoms with van der Waals surface area (Å²) < 4.78 is 0. The van der Waals surface area contributed by atoms with Gasteiger partial charge in [0.2, 0.25) is 0 Å². The number of hydrogen-bond donors (Lipinski definition) is 2. The molecule has 1 atom stereocenters. The van der Waals surface area contributed by atoms with E-state index in [4.69, 9.17) is 0 Å². The highest BCUT2D eigenvalue weighted by Gasteiger charge is 2.19. The molecule has 0 amide bonds. The van der Waals surface area contributed by atoms with Crippen molar-refractivity contribution >= 4 is 0 Å². The fourth-order valence-electron chi connectivity index (χ4n) is 3.26. The molecule has 0 spiro atoms. The summed E-state index contributed by atoms with van der Waals surface area (Å²) in [7, 11) is 0. The zero-order valence-electron chi connectivity index (χ0n) is 12.7. The van der Waals surface area contributed by atoms with Gasteiger partial charge in [0.1, 0.15) is 0 Å². The predicted octanol–water partition coefficient (Wildman–Crippen LogP) is 3.49. The molecular formula is C17H27NO. The van der Waals surface area contributed by atoms with Crippen molar-refractivity contribution in [3.63, 3.8) is 0 Å². The molecule has 0 aromatic heterocycles. The standard InChI is InChI=1S/C17H27NO/c1-11-9-12(2)14(4)17(13(11)3)16(19)10-18-15-7-5-6-8-15/h9,15-16,18-19H,5-8,10H2,1-4H3. The Morgan fingerprint density at radius 3 is 2.16 bits per heavy atom. The van der Waals surface area contributed by atoms with Gasteiger partial charge in [-0.3, -0.25) is 0 Å². The molecule has 0 radical (unpaired) electrons. The first-order valence-electron chi connectivity index (χ1n) is 7.49. The van der Waals surface area contributed by atoms with Crippen molar-refractivity contribution in [2.24, 2.45) is 0 Å². The predicted molar refractivity (Wildman–Crippen MR) is 80.6 cm³/mol. The highest BCUT2D eigenvalue weighted by Crippen LogP contribution is 2.27. The maximum absolute atomic E-state index is 10.5. The van der Waals surface area contributed by atoms with E-state index in [1.54, 1.807) is 0 Å². The van der Waals surface area contributed by atoms with Gasteiger partial charge in [-0.25, -0.2) is 0 Å². The number of aryl methyl sites for hydroxylation is 2.